The number of hydrogen-bond acceptors (Lipinski definition) is 5. The number of nitrogens with zero attached hydrogens (tertiary/aromatic N) is 2. The summed E-state index contributed by atoms with van der Waals surface area (Å²) in [5.74, 6) is -0.908. The summed E-state index contributed by atoms with van der Waals surface area (Å²) in [5.41, 5.74) is 2.55. The average molecular weight is 377 g/mol. The van der Waals surface area contributed by atoms with E-state index >= 15 is 0 Å². The van der Waals surface area contributed by atoms with E-state index in [1.54, 1.807) is 6.07 Å². The van der Waals surface area contributed by atoms with E-state index in [2.05, 4.69) is 9.55 Å². The van der Waals surface area contributed by atoms with Crippen LogP contribution in [-0.2, 0) is 16.0 Å². The lowest BCUT2D eigenvalue weighted by atomic mass is 10.1. The molecule has 3 rings (SSSR count). The van der Waals surface area contributed by atoms with Gasteiger partial charge in [0.25, 0.3) is 0 Å². The van der Waals surface area contributed by atoms with Crippen LogP contribution in [-0.4, -0.2) is 40.6 Å². The predicted octanol–water partition coefficient (Wildman–Crippen LogP) is 3.37. The first-order valence-electron chi connectivity index (χ1n) is 8.56. The Hall–Kier alpha value is -2.18. The molecule has 0 aromatic carbocycles. The molecule has 2 aromatic rings. The second-order valence-electron chi connectivity index (χ2n) is 6.37. The summed E-state index contributed by atoms with van der Waals surface area (Å²) in [6.45, 7) is 5.04. The van der Waals surface area contributed by atoms with Crippen molar-refractivity contribution in [1.29, 1.82) is 0 Å². The van der Waals surface area contributed by atoms with Crippen molar-refractivity contribution in [1.82, 2.24) is 9.55 Å². The van der Waals surface area contributed by atoms with Crippen molar-refractivity contribution in [2.75, 3.05) is 13.2 Å². The maximum atomic E-state index is 12.5. The third-order valence-electron chi connectivity index (χ3n) is 4.60. The minimum atomic E-state index is -0.662. The van der Waals surface area contributed by atoms with Crippen LogP contribution >= 0.6 is 11.6 Å². The number of ketones is 1. The highest BCUT2D eigenvalue weighted by atomic mass is 35.5. The molecule has 26 heavy (non-hydrogen) atoms. The highest BCUT2D eigenvalue weighted by molar-refractivity contribution is 6.32. The molecule has 138 valence electrons. The van der Waals surface area contributed by atoms with Crippen LogP contribution in [0.4, 0.5) is 0 Å². The highest BCUT2D eigenvalue weighted by Crippen LogP contribution is 2.21. The topological polar surface area (TPSA) is 70.4 Å². The molecule has 0 spiro atoms. The maximum absolute atomic E-state index is 12.5. The largest absolute Gasteiger partial charge is 0.454 e. The third kappa shape index (κ3) is 3.97. The van der Waals surface area contributed by atoms with Gasteiger partial charge in [-0.15, -0.1) is 0 Å². The zero-order valence-corrected chi connectivity index (χ0v) is 15.6. The molecular weight excluding hydrogens is 356 g/mol. The molecule has 0 radical (unpaired) electrons. The summed E-state index contributed by atoms with van der Waals surface area (Å²) in [5, 5.41) is 0.0553. The second kappa shape index (κ2) is 8.01. The Kier molecular flexibility index (Phi) is 5.74. The van der Waals surface area contributed by atoms with E-state index < -0.39 is 5.97 Å². The van der Waals surface area contributed by atoms with Gasteiger partial charge in [0.05, 0.1) is 11.7 Å². The van der Waals surface area contributed by atoms with Crippen LogP contribution in [0.3, 0.4) is 0 Å². The fourth-order valence-electron chi connectivity index (χ4n) is 3.18. The van der Waals surface area contributed by atoms with Gasteiger partial charge in [0.2, 0.25) is 5.78 Å². The van der Waals surface area contributed by atoms with E-state index in [-0.39, 0.29) is 29.2 Å². The quantitative estimate of drug-likeness (QED) is 0.439. The van der Waals surface area contributed by atoms with E-state index in [4.69, 9.17) is 21.1 Å². The number of aromatic nitrogens is 2. The highest BCUT2D eigenvalue weighted by Gasteiger charge is 2.22. The summed E-state index contributed by atoms with van der Waals surface area (Å²) in [7, 11) is 0. The molecule has 0 saturated carbocycles. The van der Waals surface area contributed by atoms with Gasteiger partial charge in [-0.1, -0.05) is 11.6 Å². The number of halogens is 1. The monoisotopic (exact) mass is 376 g/mol. The lowest BCUT2D eigenvalue weighted by Crippen LogP contribution is -2.18. The first-order chi connectivity index (χ1) is 12.5. The number of hydrogen-bond donors (Lipinski definition) is 0. The average Bonchev–Trinajstić information content (AvgIpc) is 3.23. The van der Waals surface area contributed by atoms with Gasteiger partial charge in [0.1, 0.15) is 5.15 Å². The first kappa shape index (κ1) is 18.6. The zero-order chi connectivity index (χ0) is 18.7. The van der Waals surface area contributed by atoms with E-state index in [9.17, 15) is 9.59 Å². The minimum absolute atomic E-state index is 0.0553. The van der Waals surface area contributed by atoms with Crippen molar-refractivity contribution in [3.63, 3.8) is 0 Å². The number of pyridine rings is 1. The second-order valence-corrected chi connectivity index (χ2v) is 6.73. The number of carbonyl (C=O) groups excluding carboxylic acids is 2. The Morgan fingerprint density at radius 3 is 2.88 bits per heavy atom. The molecule has 0 N–H and O–H groups in total. The number of Topliss-reactive ketones (excluding diaryl/α,β-unsaturated/α-hetero) is 1. The summed E-state index contributed by atoms with van der Waals surface area (Å²) >= 11 is 5.87. The van der Waals surface area contributed by atoms with Crippen LogP contribution in [0.2, 0.25) is 5.15 Å². The molecule has 0 unspecified atom stereocenters. The Morgan fingerprint density at radius 2 is 2.19 bits per heavy atom. The molecule has 7 heteroatoms. The molecule has 1 fully saturated rings. The third-order valence-corrected chi connectivity index (χ3v) is 4.90. The molecule has 1 aliphatic rings. The van der Waals surface area contributed by atoms with Crippen LogP contribution in [0.5, 0.6) is 0 Å². The van der Waals surface area contributed by atoms with Crippen LogP contribution < -0.4 is 0 Å². The molecule has 1 saturated heterocycles. The minimum Gasteiger partial charge on any atom is -0.454 e. The van der Waals surface area contributed by atoms with Crippen molar-refractivity contribution in [2.24, 2.45) is 0 Å². The summed E-state index contributed by atoms with van der Waals surface area (Å²) in [6.07, 6.45) is 3.77. The van der Waals surface area contributed by atoms with Crippen molar-refractivity contribution >= 4 is 23.4 Å². The van der Waals surface area contributed by atoms with Crippen LogP contribution in [0.1, 0.15) is 44.9 Å². The molecule has 0 aliphatic carbocycles. The normalized spacial score (nSPS) is 16.7. The Labute approximate surface area is 157 Å². The number of ether oxygens (including phenoxy) is 2. The van der Waals surface area contributed by atoms with E-state index in [0.29, 0.717) is 5.56 Å². The molecule has 6 nitrogen and oxygen atoms in total. The summed E-state index contributed by atoms with van der Waals surface area (Å²) in [4.78, 5) is 28.4. The maximum Gasteiger partial charge on any atom is 0.341 e. The Balaban J connectivity index is 1.66. The fourth-order valence-corrected chi connectivity index (χ4v) is 3.38. The lowest BCUT2D eigenvalue weighted by molar-refractivity contribution is 0.0474. The fraction of sp³-hybridized carbons (Fsp3) is 0.421. The van der Waals surface area contributed by atoms with Crippen molar-refractivity contribution in [2.45, 2.75) is 39.3 Å². The number of carbonyl (C=O) groups is 2. The molecule has 1 aliphatic heterocycles. The number of aryl methyl sites for hydroxylation is 1. The Bertz CT molecular complexity index is 825. The van der Waals surface area contributed by atoms with Crippen molar-refractivity contribution in [3.05, 3.63) is 52.1 Å². The summed E-state index contributed by atoms with van der Waals surface area (Å²) in [6, 6.07) is 4.93. The standard InChI is InChI=1S/C19H21ClN2O4/c1-12-9-16(13(2)22(12)10-14-5-4-8-25-14)17(23)11-26-19(24)15-6-3-7-21-18(15)20/h3,6-7,9,14H,4-5,8,10-11H2,1-2H3/t14-/m0/s1. The van der Waals surface area contributed by atoms with Crippen LogP contribution in [0, 0.1) is 13.8 Å². The Morgan fingerprint density at radius 1 is 1.38 bits per heavy atom. The molecule has 2 aromatic heterocycles. The molecule has 0 bridgehead atoms. The van der Waals surface area contributed by atoms with Gasteiger partial charge >= 0.3 is 5.97 Å². The molecule has 0 amide bonds. The van der Waals surface area contributed by atoms with Gasteiger partial charge < -0.3 is 14.0 Å². The SMILES string of the molecule is Cc1cc(C(=O)COC(=O)c2cccnc2Cl)c(C)n1C[C@@H]1CCCO1. The number of esters is 1. The van der Waals surface area contributed by atoms with Crippen molar-refractivity contribution < 1.29 is 19.1 Å². The van der Waals surface area contributed by atoms with Gasteiger partial charge in [-0.3, -0.25) is 4.79 Å². The van der Waals surface area contributed by atoms with Gasteiger partial charge in [-0.2, -0.15) is 0 Å². The lowest BCUT2D eigenvalue weighted by Gasteiger charge is -2.14. The molecule has 3 heterocycles. The van der Waals surface area contributed by atoms with Crippen LogP contribution in [0.25, 0.3) is 0 Å². The smallest absolute Gasteiger partial charge is 0.341 e. The van der Waals surface area contributed by atoms with E-state index in [1.807, 2.05) is 19.9 Å². The van der Waals surface area contributed by atoms with Gasteiger partial charge in [0, 0.05) is 36.3 Å². The van der Waals surface area contributed by atoms with Gasteiger partial charge in [-0.05, 0) is 44.9 Å². The van der Waals surface area contributed by atoms with Gasteiger partial charge in [-0.25, -0.2) is 9.78 Å². The summed E-state index contributed by atoms with van der Waals surface area (Å²) < 4.78 is 12.9. The predicted molar refractivity (Wildman–Crippen MR) is 96.7 cm³/mol. The van der Waals surface area contributed by atoms with Crippen LogP contribution in [0.15, 0.2) is 24.4 Å². The molecular formula is C19H21ClN2O4. The van der Waals surface area contributed by atoms with E-state index in [0.717, 1.165) is 37.4 Å². The molecule has 1 atom stereocenters. The van der Waals surface area contributed by atoms with E-state index in [1.165, 1.54) is 12.3 Å². The number of rotatable bonds is 6. The zero-order valence-electron chi connectivity index (χ0n) is 14.8. The first-order valence-corrected chi connectivity index (χ1v) is 8.94. The van der Waals surface area contributed by atoms with Gasteiger partial charge in [0.15, 0.2) is 6.61 Å². The van der Waals surface area contributed by atoms with Crippen molar-refractivity contribution in [3.8, 4) is 0 Å².